The summed E-state index contributed by atoms with van der Waals surface area (Å²) < 4.78 is 5.84. The van der Waals surface area contributed by atoms with Crippen molar-refractivity contribution in [2.24, 2.45) is 0 Å². The quantitative estimate of drug-likeness (QED) is 0.605. The van der Waals surface area contributed by atoms with Crippen LogP contribution < -0.4 is 15.4 Å². The third-order valence-corrected chi connectivity index (χ3v) is 4.29. The molecule has 0 fully saturated rings. The molecule has 0 saturated heterocycles. The maximum atomic E-state index is 11.9. The number of rotatable bonds is 9. The van der Waals surface area contributed by atoms with Gasteiger partial charge in [-0.25, -0.2) is 4.79 Å². The molecule has 0 heterocycles. The summed E-state index contributed by atoms with van der Waals surface area (Å²) in [5, 5.41) is 5.73. The van der Waals surface area contributed by atoms with E-state index >= 15 is 0 Å². The van der Waals surface area contributed by atoms with Gasteiger partial charge in [0.1, 0.15) is 5.75 Å². The highest BCUT2D eigenvalue weighted by Crippen LogP contribution is 2.22. The fraction of sp³-hybridized carbons (Fsp3) is 0.409. The van der Waals surface area contributed by atoms with E-state index in [-0.39, 0.29) is 6.03 Å². The zero-order chi connectivity index (χ0) is 18.8. The standard InChI is InChI=1S/C22H30N2O2/c1-4-5-10-19-11-13-20(14-12-19)24-22(25)23-15-7-16-26-21-17(2)8-6-9-18(21)3/h6,8-9,11-14H,4-5,7,10,15-16H2,1-3H3,(H2,23,24,25). The average molecular weight is 354 g/mol. The molecule has 0 aromatic heterocycles. The number of urea groups is 1. The molecule has 0 unspecified atom stereocenters. The highest BCUT2D eigenvalue weighted by Gasteiger charge is 2.04. The average Bonchev–Trinajstić information content (AvgIpc) is 2.63. The first-order chi connectivity index (χ1) is 12.6. The molecule has 0 aliphatic heterocycles. The van der Waals surface area contributed by atoms with Crippen LogP contribution in [0.4, 0.5) is 10.5 Å². The van der Waals surface area contributed by atoms with Crippen molar-refractivity contribution in [3.63, 3.8) is 0 Å². The predicted octanol–water partition coefficient (Wildman–Crippen LogP) is 5.24. The predicted molar refractivity (Wildman–Crippen MR) is 108 cm³/mol. The summed E-state index contributed by atoms with van der Waals surface area (Å²) in [5.74, 6) is 0.945. The zero-order valence-corrected chi connectivity index (χ0v) is 16.1. The number of hydrogen-bond donors (Lipinski definition) is 2. The molecule has 2 aromatic carbocycles. The summed E-state index contributed by atoms with van der Waals surface area (Å²) in [5.41, 5.74) is 4.40. The Balaban J connectivity index is 1.66. The first kappa shape index (κ1) is 19.8. The first-order valence-corrected chi connectivity index (χ1v) is 9.43. The Morgan fingerprint density at radius 3 is 2.35 bits per heavy atom. The Bertz CT molecular complexity index is 676. The number of amides is 2. The van der Waals surface area contributed by atoms with Crippen molar-refractivity contribution in [1.29, 1.82) is 0 Å². The highest BCUT2D eigenvalue weighted by atomic mass is 16.5. The van der Waals surface area contributed by atoms with E-state index in [2.05, 4.69) is 29.7 Å². The van der Waals surface area contributed by atoms with Crippen molar-refractivity contribution in [1.82, 2.24) is 5.32 Å². The van der Waals surface area contributed by atoms with Gasteiger partial charge in [0.05, 0.1) is 6.61 Å². The van der Waals surface area contributed by atoms with Crippen molar-refractivity contribution in [3.8, 4) is 5.75 Å². The van der Waals surface area contributed by atoms with Crippen molar-refractivity contribution in [3.05, 3.63) is 59.2 Å². The van der Waals surface area contributed by atoms with Gasteiger partial charge in [0.2, 0.25) is 0 Å². The molecule has 0 aliphatic carbocycles. The second-order valence-corrected chi connectivity index (χ2v) is 6.60. The van der Waals surface area contributed by atoms with Gasteiger partial charge in [0.25, 0.3) is 0 Å². The van der Waals surface area contributed by atoms with Crippen molar-refractivity contribution >= 4 is 11.7 Å². The lowest BCUT2D eigenvalue weighted by Gasteiger charge is -2.12. The summed E-state index contributed by atoms with van der Waals surface area (Å²) >= 11 is 0. The summed E-state index contributed by atoms with van der Waals surface area (Å²) in [6, 6.07) is 14.0. The van der Waals surface area contributed by atoms with Gasteiger partial charge in [0, 0.05) is 12.2 Å². The number of unbranched alkanes of at least 4 members (excludes halogenated alkanes) is 1. The lowest BCUT2D eigenvalue weighted by molar-refractivity contribution is 0.250. The summed E-state index contributed by atoms with van der Waals surface area (Å²) in [4.78, 5) is 11.9. The van der Waals surface area contributed by atoms with E-state index in [1.807, 2.05) is 44.2 Å². The Morgan fingerprint density at radius 2 is 1.69 bits per heavy atom. The number of carbonyl (C=O) groups is 1. The highest BCUT2D eigenvalue weighted by molar-refractivity contribution is 5.89. The van der Waals surface area contributed by atoms with Gasteiger partial charge < -0.3 is 15.4 Å². The SMILES string of the molecule is CCCCc1ccc(NC(=O)NCCCOc2c(C)cccc2C)cc1. The number of ether oxygens (including phenoxy) is 1. The van der Waals surface area contributed by atoms with Gasteiger partial charge in [-0.15, -0.1) is 0 Å². The molecule has 2 rings (SSSR count). The molecule has 2 aromatic rings. The molecular weight excluding hydrogens is 324 g/mol. The van der Waals surface area contributed by atoms with Crippen LogP contribution in [0.15, 0.2) is 42.5 Å². The molecule has 0 atom stereocenters. The number of nitrogens with one attached hydrogen (secondary N) is 2. The molecule has 2 N–H and O–H groups in total. The third kappa shape index (κ3) is 6.43. The molecule has 0 radical (unpaired) electrons. The molecule has 0 saturated carbocycles. The number of hydrogen-bond acceptors (Lipinski definition) is 2. The van der Waals surface area contributed by atoms with Gasteiger partial charge in [0.15, 0.2) is 0 Å². The van der Waals surface area contributed by atoms with Gasteiger partial charge in [-0.3, -0.25) is 0 Å². The molecule has 4 nitrogen and oxygen atoms in total. The number of para-hydroxylation sites is 1. The molecular formula is C22H30N2O2. The smallest absolute Gasteiger partial charge is 0.319 e. The van der Waals surface area contributed by atoms with Crippen LogP contribution in [0.25, 0.3) is 0 Å². The lowest BCUT2D eigenvalue weighted by atomic mass is 10.1. The Morgan fingerprint density at radius 1 is 1.00 bits per heavy atom. The van der Waals surface area contributed by atoms with E-state index in [0.717, 1.165) is 35.4 Å². The van der Waals surface area contributed by atoms with Crippen LogP contribution in [0.1, 0.15) is 42.9 Å². The Kier molecular flexibility index (Phi) is 8.00. The number of benzene rings is 2. The van der Waals surface area contributed by atoms with E-state index in [4.69, 9.17) is 4.74 Å². The second-order valence-electron chi connectivity index (χ2n) is 6.60. The van der Waals surface area contributed by atoms with Gasteiger partial charge >= 0.3 is 6.03 Å². The molecule has 140 valence electrons. The number of anilines is 1. The lowest BCUT2D eigenvalue weighted by Crippen LogP contribution is -2.30. The third-order valence-electron chi connectivity index (χ3n) is 4.29. The molecule has 0 aliphatic rings. The summed E-state index contributed by atoms with van der Waals surface area (Å²) in [7, 11) is 0. The number of carbonyl (C=O) groups excluding carboxylic acids is 1. The topological polar surface area (TPSA) is 50.4 Å². The van der Waals surface area contributed by atoms with Crippen LogP contribution in [0.3, 0.4) is 0 Å². The Labute approximate surface area is 157 Å². The minimum atomic E-state index is -0.182. The van der Waals surface area contributed by atoms with E-state index in [0.29, 0.717) is 13.2 Å². The summed E-state index contributed by atoms with van der Waals surface area (Å²) in [6.07, 6.45) is 4.23. The molecule has 2 amide bonds. The Hall–Kier alpha value is -2.49. The van der Waals surface area contributed by atoms with E-state index in [1.165, 1.54) is 18.4 Å². The minimum Gasteiger partial charge on any atom is -0.493 e. The second kappa shape index (κ2) is 10.5. The van der Waals surface area contributed by atoms with Crippen LogP contribution in [-0.4, -0.2) is 19.2 Å². The largest absolute Gasteiger partial charge is 0.493 e. The van der Waals surface area contributed by atoms with E-state index in [9.17, 15) is 4.79 Å². The zero-order valence-electron chi connectivity index (χ0n) is 16.1. The molecule has 0 bridgehead atoms. The van der Waals surface area contributed by atoms with Crippen LogP contribution >= 0.6 is 0 Å². The van der Waals surface area contributed by atoms with Crippen LogP contribution in [0, 0.1) is 13.8 Å². The van der Waals surface area contributed by atoms with Crippen LogP contribution in [0.5, 0.6) is 5.75 Å². The van der Waals surface area contributed by atoms with Crippen molar-refractivity contribution in [2.45, 2.75) is 46.5 Å². The maximum absolute atomic E-state index is 11.9. The van der Waals surface area contributed by atoms with Crippen molar-refractivity contribution < 1.29 is 9.53 Å². The number of aryl methyl sites for hydroxylation is 3. The summed E-state index contributed by atoms with van der Waals surface area (Å²) in [6.45, 7) is 7.43. The van der Waals surface area contributed by atoms with Crippen LogP contribution in [0.2, 0.25) is 0 Å². The maximum Gasteiger partial charge on any atom is 0.319 e. The fourth-order valence-corrected chi connectivity index (χ4v) is 2.79. The van der Waals surface area contributed by atoms with Gasteiger partial charge in [-0.2, -0.15) is 0 Å². The molecule has 26 heavy (non-hydrogen) atoms. The minimum absolute atomic E-state index is 0.182. The molecule has 4 heteroatoms. The first-order valence-electron chi connectivity index (χ1n) is 9.43. The normalized spacial score (nSPS) is 10.4. The fourth-order valence-electron chi connectivity index (χ4n) is 2.79. The monoisotopic (exact) mass is 354 g/mol. The van der Waals surface area contributed by atoms with E-state index in [1.54, 1.807) is 0 Å². The molecule has 0 spiro atoms. The van der Waals surface area contributed by atoms with E-state index < -0.39 is 0 Å². The van der Waals surface area contributed by atoms with Crippen LogP contribution in [-0.2, 0) is 6.42 Å². The van der Waals surface area contributed by atoms with Gasteiger partial charge in [-0.1, -0.05) is 43.7 Å². The van der Waals surface area contributed by atoms with Crippen molar-refractivity contribution in [2.75, 3.05) is 18.5 Å². The van der Waals surface area contributed by atoms with Gasteiger partial charge in [-0.05, 0) is 61.9 Å².